The van der Waals surface area contributed by atoms with Crippen molar-refractivity contribution in [2.75, 3.05) is 6.54 Å². The number of aromatic amines is 2. The molecule has 0 spiro atoms. The SMILES string of the molecule is O=C(Cc1ccc2[nH]c(=O)[nH]c2c1)NCCC1=CCCCC1. The first-order valence-corrected chi connectivity index (χ1v) is 7.86. The predicted octanol–water partition coefficient (Wildman–Crippen LogP) is 2.41. The number of amides is 1. The second-order valence-corrected chi connectivity index (χ2v) is 5.84. The average molecular weight is 299 g/mol. The molecule has 1 aromatic carbocycles. The van der Waals surface area contributed by atoms with Gasteiger partial charge < -0.3 is 15.3 Å². The highest BCUT2D eigenvalue weighted by molar-refractivity contribution is 5.81. The van der Waals surface area contributed by atoms with Crippen LogP contribution in [0.4, 0.5) is 0 Å². The monoisotopic (exact) mass is 299 g/mol. The van der Waals surface area contributed by atoms with E-state index in [9.17, 15) is 9.59 Å². The van der Waals surface area contributed by atoms with Crippen molar-refractivity contribution >= 4 is 16.9 Å². The van der Waals surface area contributed by atoms with E-state index in [4.69, 9.17) is 0 Å². The summed E-state index contributed by atoms with van der Waals surface area (Å²) in [5.41, 5.74) is 3.65. The van der Waals surface area contributed by atoms with Crippen molar-refractivity contribution in [1.82, 2.24) is 15.3 Å². The largest absolute Gasteiger partial charge is 0.355 e. The van der Waals surface area contributed by atoms with E-state index in [0.717, 1.165) is 23.0 Å². The highest BCUT2D eigenvalue weighted by Gasteiger charge is 2.07. The van der Waals surface area contributed by atoms with Gasteiger partial charge in [-0.1, -0.05) is 17.7 Å². The number of rotatable bonds is 5. The van der Waals surface area contributed by atoms with Crippen LogP contribution < -0.4 is 11.0 Å². The van der Waals surface area contributed by atoms with E-state index >= 15 is 0 Å². The minimum Gasteiger partial charge on any atom is -0.355 e. The van der Waals surface area contributed by atoms with Gasteiger partial charge in [-0.25, -0.2) is 4.79 Å². The smallest absolute Gasteiger partial charge is 0.323 e. The normalized spacial score (nSPS) is 14.8. The third kappa shape index (κ3) is 3.67. The Morgan fingerprint density at radius 2 is 2.05 bits per heavy atom. The fraction of sp³-hybridized carbons (Fsp3) is 0.412. The van der Waals surface area contributed by atoms with E-state index in [2.05, 4.69) is 21.4 Å². The summed E-state index contributed by atoms with van der Waals surface area (Å²) < 4.78 is 0. The zero-order valence-corrected chi connectivity index (χ0v) is 12.6. The first-order chi connectivity index (χ1) is 10.7. The second-order valence-electron chi connectivity index (χ2n) is 5.84. The Balaban J connectivity index is 1.51. The van der Waals surface area contributed by atoms with Crippen LogP contribution >= 0.6 is 0 Å². The number of hydrogen-bond acceptors (Lipinski definition) is 2. The molecule has 0 radical (unpaired) electrons. The number of benzene rings is 1. The van der Waals surface area contributed by atoms with Crippen molar-refractivity contribution in [2.24, 2.45) is 0 Å². The summed E-state index contributed by atoms with van der Waals surface area (Å²) in [6, 6.07) is 5.54. The van der Waals surface area contributed by atoms with Gasteiger partial charge in [-0.05, 0) is 49.8 Å². The topological polar surface area (TPSA) is 77.8 Å². The summed E-state index contributed by atoms with van der Waals surface area (Å²) in [5, 5.41) is 2.97. The number of H-pyrrole nitrogens is 2. The zero-order valence-electron chi connectivity index (χ0n) is 12.6. The molecule has 0 fully saturated rings. The summed E-state index contributed by atoms with van der Waals surface area (Å²) in [6.07, 6.45) is 8.52. The summed E-state index contributed by atoms with van der Waals surface area (Å²) in [6.45, 7) is 0.702. The fourth-order valence-corrected chi connectivity index (χ4v) is 2.93. The van der Waals surface area contributed by atoms with Crippen molar-refractivity contribution in [3.63, 3.8) is 0 Å². The predicted molar refractivity (Wildman–Crippen MR) is 86.8 cm³/mol. The molecule has 1 aliphatic carbocycles. The second kappa shape index (κ2) is 6.64. The Labute approximate surface area is 128 Å². The number of hydrogen-bond donors (Lipinski definition) is 3. The zero-order chi connectivity index (χ0) is 15.4. The summed E-state index contributed by atoms with van der Waals surface area (Å²) in [5.74, 6) is 0.0219. The van der Waals surface area contributed by atoms with Crippen LogP contribution in [0.25, 0.3) is 11.0 Å². The van der Waals surface area contributed by atoms with Crippen molar-refractivity contribution in [1.29, 1.82) is 0 Å². The van der Waals surface area contributed by atoms with Crippen molar-refractivity contribution in [3.05, 3.63) is 45.9 Å². The van der Waals surface area contributed by atoms with Crippen LogP contribution in [0.5, 0.6) is 0 Å². The van der Waals surface area contributed by atoms with Crippen LogP contribution in [-0.4, -0.2) is 22.4 Å². The maximum Gasteiger partial charge on any atom is 0.323 e. The van der Waals surface area contributed by atoms with E-state index < -0.39 is 0 Å². The Morgan fingerprint density at radius 1 is 1.18 bits per heavy atom. The van der Waals surface area contributed by atoms with E-state index in [0.29, 0.717) is 13.0 Å². The lowest BCUT2D eigenvalue weighted by molar-refractivity contribution is -0.120. The molecule has 116 valence electrons. The fourth-order valence-electron chi connectivity index (χ4n) is 2.93. The van der Waals surface area contributed by atoms with E-state index in [1.807, 2.05) is 18.2 Å². The van der Waals surface area contributed by atoms with E-state index in [1.54, 1.807) is 0 Å². The number of imidazole rings is 1. The molecule has 0 bridgehead atoms. The highest BCUT2D eigenvalue weighted by atomic mass is 16.1. The molecule has 3 N–H and O–H groups in total. The molecular weight excluding hydrogens is 278 g/mol. The quantitative estimate of drug-likeness (QED) is 0.741. The third-order valence-electron chi connectivity index (χ3n) is 4.10. The number of allylic oxidation sites excluding steroid dienone is 1. The number of fused-ring (bicyclic) bond motifs is 1. The molecule has 1 aliphatic rings. The molecule has 5 nitrogen and oxygen atoms in total. The summed E-state index contributed by atoms with van der Waals surface area (Å²) in [7, 11) is 0. The van der Waals surface area contributed by atoms with Crippen LogP contribution in [-0.2, 0) is 11.2 Å². The third-order valence-corrected chi connectivity index (χ3v) is 4.10. The van der Waals surface area contributed by atoms with Crippen molar-refractivity contribution in [3.8, 4) is 0 Å². The van der Waals surface area contributed by atoms with E-state index in [-0.39, 0.29) is 11.6 Å². The Kier molecular flexibility index (Phi) is 4.42. The molecule has 3 rings (SSSR count). The van der Waals surface area contributed by atoms with Crippen LogP contribution in [0.2, 0.25) is 0 Å². The maximum absolute atomic E-state index is 12.0. The molecule has 1 amide bonds. The van der Waals surface area contributed by atoms with Crippen LogP contribution in [0.15, 0.2) is 34.6 Å². The van der Waals surface area contributed by atoms with Crippen LogP contribution in [0.1, 0.15) is 37.7 Å². The van der Waals surface area contributed by atoms with Crippen LogP contribution in [0.3, 0.4) is 0 Å². The molecule has 2 aromatic rings. The number of carbonyl (C=O) groups is 1. The molecule has 0 atom stereocenters. The van der Waals surface area contributed by atoms with E-state index in [1.165, 1.54) is 31.3 Å². The van der Waals surface area contributed by atoms with Gasteiger partial charge in [-0.15, -0.1) is 0 Å². The van der Waals surface area contributed by atoms with Gasteiger partial charge in [0.15, 0.2) is 0 Å². The molecule has 0 aliphatic heterocycles. The maximum atomic E-state index is 12.0. The van der Waals surface area contributed by atoms with Gasteiger partial charge in [-0.3, -0.25) is 4.79 Å². The number of nitrogens with one attached hydrogen (secondary N) is 3. The van der Waals surface area contributed by atoms with Gasteiger partial charge in [-0.2, -0.15) is 0 Å². The highest BCUT2D eigenvalue weighted by Crippen LogP contribution is 2.19. The standard InChI is InChI=1S/C17H21N3O2/c21-16(18-9-8-12-4-2-1-3-5-12)11-13-6-7-14-15(10-13)20-17(22)19-14/h4,6-7,10H,1-3,5,8-9,11H2,(H,18,21)(H2,19,20,22). The lowest BCUT2D eigenvalue weighted by Crippen LogP contribution is -2.26. The van der Waals surface area contributed by atoms with Gasteiger partial charge in [0.1, 0.15) is 0 Å². The summed E-state index contributed by atoms with van der Waals surface area (Å²) >= 11 is 0. The minimum absolute atomic E-state index is 0.0219. The van der Waals surface area contributed by atoms with Gasteiger partial charge >= 0.3 is 5.69 Å². The molecule has 22 heavy (non-hydrogen) atoms. The molecule has 0 unspecified atom stereocenters. The Hall–Kier alpha value is -2.30. The van der Waals surface area contributed by atoms with Gasteiger partial charge in [0.25, 0.3) is 0 Å². The van der Waals surface area contributed by atoms with Crippen LogP contribution in [0, 0.1) is 0 Å². The molecule has 0 saturated carbocycles. The first kappa shape index (κ1) is 14.6. The lowest BCUT2D eigenvalue weighted by Gasteiger charge is -2.13. The van der Waals surface area contributed by atoms with Crippen molar-refractivity contribution in [2.45, 2.75) is 38.5 Å². The van der Waals surface area contributed by atoms with Crippen molar-refractivity contribution < 1.29 is 4.79 Å². The Bertz CT molecular complexity index is 755. The van der Waals surface area contributed by atoms with Gasteiger partial charge in [0.2, 0.25) is 5.91 Å². The first-order valence-electron chi connectivity index (χ1n) is 7.86. The lowest BCUT2D eigenvalue weighted by atomic mass is 9.97. The number of aromatic nitrogens is 2. The van der Waals surface area contributed by atoms with Gasteiger partial charge in [0, 0.05) is 6.54 Å². The molecule has 0 saturated heterocycles. The van der Waals surface area contributed by atoms with Gasteiger partial charge in [0.05, 0.1) is 17.5 Å². The molecular formula is C17H21N3O2. The summed E-state index contributed by atoms with van der Waals surface area (Å²) in [4.78, 5) is 28.6. The minimum atomic E-state index is -0.225. The average Bonchev–Trinajstić information content (AvgIpc) is 2.87. The number of carbonyl (C=O) groups excluding carboxylic acids is 1. The molecule has 1 aromatic heterocycles. The molecule has 5 heteroatoms. The molecule has 1 heterocycles. The Morgan fingerprint density at radius 3 is 2.86 bits per heavy atom.